The largest absolute Gasteiger partial charge is 0.327 e. The van der Waals surface area contributed by atoms with Gasteiger partial charge in [-0.15, -0.1) is 0 Å². The van der Waals surface area contributed by atoms with Crippen molar-refractivity contribution in [2.75, 3.05) is 11.9 Å². The van der Waals surface area contributed by atoms with Crippen LogP contribution in [0.25, 0.3) is 16.9 Å². The molecule has 2 amide bonds. The summed E-state index contributed by atoms with van der Waals surface area (Å²) in [6.07, 6.45) is 0. The number of non-ortho nitro benzene ring substituents is 1. The van der Waals surface area contributed by atoms with Crippen LogP contribution in [0.5, 0.6) is 0 Å². The van der Waals surface area contributed by atoms with Crippen LogP contribution in [0.2, 0.25) is 5.02 Å². The van der Waals surface area contributed by atoms with Crippen LogP contribution < -0.4 is 5.32 Å². The SMILES string of the molecule is CC(C)N(CC(=O)Nc1cc(-c2ccccc2)nn1-c1ccccc1Cl)C(=O)c1cccc([N+](=O)[O-])c1. The van der Waals surface area contributed by atoms with E-state index in [0.717, 1.165) is 5.56 Å². The number of nitrogens with zero attached hydrogens (tertiary/aromatic N) is 4. The van der Waals surface area contributed by atoms with Crippen molar-refractivity contribution in [1.29, 1.82) is 0 Å². The number of hydrogen-bond donors (Lipinski definition) is 1. The molecule has 0 saturated heterocycles. The smallest absolute Gasteiger partial charge is 0.270 e. The lowest BCUT2D eigenvalue weighted by Gasteiger charge is -2.26. The Morgan fingerprint density at radius 3 is 2.41 bits per heavy atom. The second kappa shape index (κ2) is 11.0. The first-order valence-corrected chi connectivity index (χ1v) is 11.9. The van der Waals surface area contributed by atoms with Crippen molar-refractivity contribution in [2.24, 2.45) is 0 Å². The third kappa shape index (κ3) is 5.84. The molecule has 1 heterocycles. The molecule has 0 aliphatic heterocycles. The Kier molecular flexibility index (Phi) is 7.64. The molecule has 0 bridgehead atoms. The Morgan fingerprint density at radius 1 is 1.03 bits per heavy atom. The normalized spacial score (nSPS) is 10.8. The number of nitrogens with one attached hydrogen (secondary N) is 1. The number of halogens is 1. The van der Waals surface area contributed by atoms with Crippen LogP contribution in [0, 0.1) is 10.1 Å². The van der Waals surface area contributed by atoms with Gasteiger partial charge in [0.25, 0.3) is 11.6 Å². The minimum Gasteiger partial charge on any atom is -0.327 e. The summed E-state index contributed by atoms with van der Waals surface area (Å²) in [6, 6.07) is 23.4. The van der Waals surface area contributed by atoms with Gasteiger partial charge in [0.1, 0.15) is 12.4 Å². The summed E-state index contributed by atoms with van der Waals surface area (Å²) in [4.78, 5) is 38.2. The van der Waals surface area contributed by atoms with Gasteiger partial charge < -0.3 is 10.2 Å². The third-order valence-corrected chi connectivity index (χ3v) is 5.95. The van der Waals surface area contributed by atoms with Crippen LogP contribution >= 0.6 is 11.6 Å². The second-order valence-corrected chi connectivity index (χ2v) is 8.93. The van der Waals surface area contributed by atoms with E-state index >= 15 is 0 Å². The summed E-state index contributed by atoms with van der Waals surface area (Å²) in [5.74, 6) is -0.567. The van der Waals surface area contributed by atoms with Crippen LogP contribution in [-0.4, -0.2) is 44.0 Å². The van der Waals surface area contributed by atoms with Gasteiger partial charge in [0.2, 0.25) is 5.91 Å². The lowest BCUT2D eigenvalue weighted by Crippen LogP contribution is -2.42. The highest BCUT2D eigenvalue weighted by Crippen LogP contribution is 2.28. The molecule has 4 rings (SSSR count). The third-order valence-electron chi connectivity index (χ3n) is 5.63. The highest BCUT2D eigenvalue weighted by Gasteiger charge is 2.24. The molecule has 4 aromatic rings. The highest BCUT2D eigenvalue weighted by molar-refractivity contribution is 6.32. The maximum absolute atomic E-state index is 13.2. The van der Waals surface area contributed by atoms with Gasteiger partial charge in [0.05, 0.1) is 21.3 Å². The van der Waals surface area contributed by atoms with Crippen molar-refractivity contribution in [3.8, 4) is 16.9 Å². The molecule has 0 unspecified atom stereocenters. The van der Waals surface area contributed by atoms with Gasteiger partial charge in [-0.3, -0.25) is 19.7 Å². The molecule has 0 aliphatic carbocycles. The number of aromatic nitrogens is 2. The van der Waals surface area contributed by atoms with Gasteiger partial charge in [-0.25, -0.2) is 4.68 Å². The maximum Gasteiger partial charge on any atom is 0.270 e. The van der Waals surface area contributed by atoms with E-state index in [1.165, 1.54) is 29.2 Å². The zero-order valence-electron chi connectivity index (χ0n) is 20.2. The van der Waals surface area contributed by atoms with E-state index in [1.807, 2.05) is 36.4 Å². The molecule has 0 fully saturated rings. The number of nitro groups is 1. The Balaban J connectivity index is 1.62. The number of benzene rings is 3. The van der Waals surface area contributed by atoms with Crippen molar-refractivity contribution >= 4 is 34.9 Å². The van der Waals surface area contributed by atoms with Crippen LogP contribution in [-0.2, 0) is 4.79 Å². The van der Waals surface area contributed by atoms with E-state index in [2.05, 4.69) is 10.4 Å². The summed E-state index contributed by atoms with van der Waals surface area (Å²) in [7, 11) is 0. The molecule has 1 aromatic heterocycles. The molecule has 0 atom stereocenters. The van der Waals surface area contributed by atoms with Crippen molar-refractivity contribution in [2.45, 2.75) is 19.9 Å². The zero-order chi connectivity index (χ0) is 26.5. The van der Waals surface area contributed by atoms with E-state index in [1.54, 1.807) is 42.8 Å². The zero-order valence-corrected chi connectivity index (χ0v) is 20.9. The molecule has 1 N–H and O–H groups in total. The monoisotopic (exact) mass is 517 g/mol. The van der Waals surface area contributed by atoms with Gasteiger partial charge in [0.15, 0.2) is 0 Å². The molecule has 10 heteroatoms. The molecule has 0 radical (unpaired) electrons. The van der Waals surface area contributed by atoms with E-state index in [0.29, 0.717) is 22.2 Å². The number of anilines is 1. The highest BCUT2D eigenvalue weighted by atomic mass is 35.5. The summed E-state index contributed by atoms with van der Waals surface area (Å²) in [5.41, 5.74) is 1.99. The van der Waals surface area contributed by atoms with Crippen molar-refractivity contribution in [3.05, 3.63) is 106 Å². The molecule has 0 aliphatic rings. The molecule has 188 valence electrons. The van der Waals surface area contributed by atoms with Crippen molar-refractivity contribution < 1.29 is 14.5 Å². The summed E-state index contributed by atoms with van der Waals surface area (Å²) >= 11 is 6.42. The quantitative estimate of drug-likeness (QED) is 0.242. The Labute approximate surface area is 218 Å². The topological polar surface area (TPSA) is 110 Å². The van der Waals surface area contributed by atoms with Crippen LogP contribution in [0.4, 0.5) is 11.5 Å². The minimum absolute atomic E-state index is 0.128. The molecular formula is C27H24ClN5O4. The van der Waals surface area contributed by atoms with Crippen molar-refractivity contribution in [1.82, 2.24) is 14.7 Å². The molecular weight excluding hydrogens is 494 g/mol. The Bertz CT molecular complexity index is 1450. The summed E-state index contributed by atoms with van der Waals surface area (Å²) < 4.78 is 1.55. The molecule has 0 spiro atoms. The van der Waals surface area contributed by atoms with E-state index in [-0.39, 0.29) is 23.8 Å². The first kappa shape index (κ1) is 25.6. The predicted octanol–water partition coefficient (Wildman–Crippen LogP) is 5.59. The molecule has 9 nitrogen and oxygen atoms in total. The maximum atomic E-state index is 13.2. The number of carbonyl (C=O) groups excluding carboxylic acids is 2. The van der Waals surface area contributed by atoms with E-state index < -0.39 is 16.7 Å². The fraction of sp³-hybridized carbons (Fsp3) is 0.148. The number of para-hydroxylation sites is 1. The van der Waals surface area contributed by atoms with Crippen LogP contribution in [0.1, 0.15) is 24.2 Å². The first-order valence-electron chi connectivity index (χ1n) is 11.5. The first-order chi connectivity index (χ1) is 17.7. The number of amides is 2. The molecule has 0 saturated carbocycles. The number of nitro benzene ring substituents is 1. The van der Waals surface area contributed by atoms with Crippen LogP contribution in [0.15, 0.2) is 84.9 Å². The van der Waals surface area contributed by atoms with Crippen LogP contribution in [0.3, 0.4) is 0 Å². The van der Waals surface area contributed by atoms with Gasteiger partial charge in [-0.05, 0) is 32.0 Å². The number of hydrogen-bond acceptors (Lipinski definition) is 5. The summed E-state index contributed by atoms with van der Waals surface area (Å²) in [5, 5.41) is 19.1. The summed E-state index contributed by atoms with van der Waals surface area (Å²) in [6.45, 7) is 3.27. The second-order valence-electron chi connectivity index (χ2n) is 8.53. The number of carbonyl (C=O) groups is 2. The van der Waals surface area contributed by atoms with Gasteiger partial charge in [-0.1, -0.05) is 60.1 Å². The average molecular weight is 518 g/mol. The fourth-order valence-electron chi connectivity index (χ4n) is 3.77. The molecule has 3 aromatic carbocycles. The lowest BCUT2D eigenvalue weighted by atomic mass is 10.1. The Morgan fingerprint density at radius 2 is 1.73 bits per heavy atom. The van der Waals surface area contributed by atoms with Crippen molar-refractivity contribution in [3.63, 3.8) is 0 Å². The Hall–Kier alpha value is -4.50. The average Bonchev–Trinajstić information content (AvgIpc) is 3.31. The lowest BCUT2D eigenvalue weighted by molar-refractivity contribution is -0.384. The van der Waals surface area contributed by atoms with E-state index in [4.69, 9.17) is 11.6 Å². The van der Waals surface area contributed by atoms with Gasteiger partial charge in [0, 0.05) is 35.4 Å². The standard InChI is InChI=1S/C27H24ClN5O4/c1-18(2)31(27(35)20-11-8-12-21(15-20)33(36)37)17-26(34)29-25-16-23(19-9-4-3-5-10-19)30-32(25)24-14-7-6-13-22(24)28/h3-16,18H,17H2,1-2H3,(H,29,34). The fourth-order valence-corrected chi connectivity index (χ4v) is 3.99. The predicted molar refractivity (Wildman–Crippen MR) is 142 cm³/mol. The molecule has 37 heavy (non-hydrogen) atoms. The van der Waals surface area contributed by atoms with Gasteiger partial charge in [-0.2, -0.15) is 5.10 Å². The van der Waals surface area contributed by atoms with E-state index in [9.17, 15) is 19.7 Å². The minimum atomic E-state index is -0.566. The number of rotatable bonds is 8. The van der Waals surface area contributed by atoms with Gasteiger partial charge >= 0.3 is 0 Å².